The lowest BCUT2D eigenvalue weighted by atomic mass is 9.97. The molecule has 2 aromatic heterocycles. The summed E-state index contributed by atoms with van der Waals surface area (Å²) < 4.78 is 34.9. The fourth-order valence-corrected chi connectivity index (χ4v) is 6.72. The number of benzene rings is 1. The summed E-state index contributed by atoms with van der Waals surface area (Å²) in [5, 5.41) is 81.5. The summed E-state index contributed by atoms with van der Waals surface area (Å²) in [7, 11) is 0. The Balaban J connectivity index is 1.50. The molecule has 3 aliphatic rings. The number of aliphatic carboxylic acids is 1. The Bertz CT molecular complexity index is 1590. The van der Waals surface area contributed by atoms with E-state index in [-0.39, 0.29) is 35.0 Å². The lowest BCUT2D eigenvalue weighted by Gasteiger charge is -2.44. The Morgan fingerprint density at radius 2 is 1.78 bits per heavy atom. The summed E-state index contributed by atoms with van der Waals surface area (Å²) >= 11 is 1.25. The maximum absolute atomic E-state index is 14.2. The summed E-state index contributed by atoms with van der Waals surface area (Å²) in [5.74, 6) is -3.64. The van der Waals surface area contributed by atoms with Crippen molar-refractivity contribution in [2.45, 2.75) is 98.3 Å². The fourth-order valence-electron chi connectivity index (χ4n) is 6.04. The molecule has 0 amide bonds. The number of anilines is 1. The molecular weight excluding hydrogens is 622 g/mol. The molecule has 18 heteroatoms. The zero-order valence-corrected chi connectivity index (χ0v) is 24.5. The molecule has 1 aromatic carbocycles. The Morgan fingerprint density at radius 3 is 2.42 bits per heavy atom. The fraction of sp³-hybridized carbons (Fsp3) is 0.593. The molecule has 3 fully saturated rings. The number of carboxylic acids is 1. The molecule has 11 unspecified atom stereocenters. The van der Waals surface area contributed by atoms with Gasteiger partial charge in [0, 0.05) is 24.1 Å². The SMILES string of the molecule is CCCSc1nc(N(C2CC2c2ccc(F)c(F)c2)C2OC(C(=O)O)C(O)C(O)C2O)c2nnn(C3CC(O)C(O)C3O)c2n1. The average molecular weight is 655 g/mol. The van der Waals surface area contributed by atoms with E-state index in [1.807, 2.05) is 6.92 Å². The van der Waals surface area contributed by atoms with Crippen molar-refractivity contribution in [1.29, 1.82) is 0 Å². The standard InChI is InChI=1S/C27H32F2N6O9S/c1-2-5-45-27-30-23(16-24(31-27)35(33-32-16)14-8-15(36)18(38)17(14)37)34(13-7-10(13)9-3-4-11(28)12(29)6-9)25-21(41)19(39)20(40)22(44-25)26(42)43/h3-4,6,10,13-15,17-22,25,36-41H,2,5,7-8H2,1H3,(H,42,43). The molecule has 244 valence electrons. The number of thioether (sulfide) groups is 1. The minimum Gasteiger partial charge on any atom is -0.479 e. The average Bonchev–Trinajstić information content (AvgIpc) is 3.61. The van der Waals surface area contributed by atoms with E-state index in [1.54, 1.807) is 0 Å². The zero-order valence-electron chi connectivity index (χ0n) is 23.7. The first-order chi connectivity index (χ1) is 21.4. The van der Waals surface area contributed by atoms with E-state index in [4.69, 9.17) is 4.74 Å². The van der Waals surface area contributed by atoms with Gasteiger partial charge in [-0.15, -0.1) is 5.10 Å². The highest BCUT2D eigenvalue weighted by molar-refractivity contribution is 7.99. The van der Waals surface area contributed by atoms with Gasteiger partial charge in [0.05, 0.1) is 12.1 Å². The molecule has 7 N–H and O–H groups in total. The Kier molecular flexibility index (Phi) is 8.68. The molecule has 45 heavy (non-hydrogen) atoms. The zero-order chi connectivity index (χ0) is 32.3. The van der Waals surface area contributed by atoms with Gasteiger partial charge in [-0.05, 0) is 30.5 Å². The molecule has 1 aliphatic heterocycles. The summed E-state index contributed by atoms with van der Waals surface area (Å²) in [6.45, 7) is 1.93. The van der Waals surface area contributed by atoms with Crippen LogP contribution < -0.4 is 4.90 Å². The van der Waals surface area contributed by atoms with Crippen LogP contribution in [0.25, 0.3) is 11.2 Å². The highest BCUT2D eigenvalue weighted by Crippen LogP contribution is 2.49. The van der Waals surface area contributed by atoms with Gasteiger partial charge in [0.2, 0.25) is 0 Å². The van der Waals surface area contributed by atoms with E-state index in [0.29, 0.717) is 11.3 Å². The summed E-state index contributed by atoms with van der Waals surface area (Å²) in [6, 6.07) is 1.78. The number of halogens is 2. The highest BCUT2D eigenvalue weighted by atomic mass is 32.2. The Labute approximate surface area is 258 Å². The van der Waals surface area contributed by atoms with Crippen LogP contribution in [0.3, 0.4) is 0 Å². The predicted octanol–water partition coefficient (Wildman–Crippen LogP) is -0.716. The number of aromatic nitrogens is 5. The normalized spacial score (nSPS) is 34.7. The van der Waals surface area contributed by atoms with Crippen LogP contribution in [-0.2, 0) is 9.53 Å². The first-order valence-corrected chi connectivity index (χ1v) is 15.4. The number of hydrogen-bond donors (Lipinski definition) is 7. The van der Waals surface area contributed by atoms with Gasteiger partial charge in [-0.25, -0.2) is 28.2 Å². The number of rotatable bonds is 9. The van der Waals surface area contributed by atoms with Crippen LogP contribution >= 0.6 is 11.8 Å². The molecule has 2 aliphatic carbocycles. The van der Waals surface area contributed by atoms with Gasteiger partial charge < -0.3 is 45.4 Å². The summed E-state index contributed by atoms with van der Waals surface area (Å²) in [5.41, 5.74) is 0.494. The monoisotopic (exact) mass is 654 g/mol. The third-order valence-electron chi connectivity index (χ3n) is 8.49. The van der Waals surface area contributed by atoms with E-state index >= 15 is 0 Å². The Morgan fingerprint density at radius 1 is 1.02 bits per heavy atom. The quantitative estimate of drug-likeness (QED) is 0.112. The molecular formula is C27H32F2N6O9S. The summed E-state index contributed by atoms with van der Waals surface area (Å²) in [4.78, 5) is 22.6. The van der Waals surface area contributed by atoms with Crippen LogP contribution in [0, 0.1) is 11.6 Å². The van der Waals surface area contributed by atoms with Crippen LogP contribution in [-0.4, -0.2) is 127 Å². The van der Waals surface area contributed by atoms with Gasteiger partial charge in [-0.1, -0.05) is 30.0 Å². The first kappa shape index (κ1) is 31.9. The van der Waals surface area contributed by atoms with E-state index in [1.165, 1.54) is 27.4 Å². The molecule has 15 nitrogen and oxygen atoms in total. The van der Waals surface area contributed by atoms with Gasteiger partial charge in [0.1, 0.15) is 30.5 Å². The molecule has 2 saturated carbocycles. The van der Waals surface area contributed by atoms with E-state index in [9.17, 15) is 49.3 Å². The molecule has 3 aromatic rings. The number of aliphatic hydroxyl groups excluding tert-OH is 6. The van der Waals surface area contributed by atoms with Crippen LogP contribution in [0.4, 0.5) is 14.6 Å². The van der Waals surface area contributed by atoms with Gasteiger partial charge in [0.15, 0.2) is 46.1 Å². The third kappa shape index (κ3) is 5.62. The smallest absolute Gasteiger partial charge is 0.335 e. The number of carbonyl (C=O) groups is 1. The predicted molar refractivity (Wildman–Crippen MR) is 150 cm³/mol. The molecule has 0 radical (unpaired) electrons. The van der Waals surface area contributed by atoms with Gasteiger partial charge in [0.25, 0.3) is 0 Å². The third-order valence-corrected chi connectivity index (χ3v) is 9.54. The van der Waals surface area contributed by atoms with Crippen molar-refractivity contribution < 1.29 is 54.1 Å². The number of hydrogen-bond acceptors (Lipinski definition) is 14. The minimum absolute atomic E-state index is 0.00898. The van der Waals surface area contributed by atoms with Crippen molar-refractivity contribution in [1.82, 2.24) is 25.0 Å². The second-order valence-electron chi connectivity index (χ2n) is 11.5. The van der Waals surface area contributed by atoms with Crippen molar-refractivity contribution in [2.24, 2.45) is 0 Å². The van der Waals surface area contributed by atoms with E-state index in [0.717, 1.165) is 18.6 Å². The maximum Gasteiger partial charge on any atom is 0.335 e. The van der Waals surface area contributed by atoms with Crippen LogP contribution in [0.2, 0.25) is 0 Å². The molecule has 1 saturated heterocycles. The molecule has 0 spiro atoms. The number of carboxylic acid groups (broad SMARTS) is 1. The second-order valence-corrected chi connectivity index (χ2v) is 12.5. The van der Waals surface area contributed by atoms with Crippen molar-refractivity contribution in [3.8, 4) is 0 Å². The lowest BCUT2D eigenvalue weighted by Crippen LogP contribution is -2.65. The van der Waals surface area contributed by atoms with Crippen LogP contribution in [0.15, 0.2) is 23.4 Å². The highest BCUT2D eigenvalue weighted by Gasteiger charge is 2.55. The number of aliphatic hydroxyl groups is 6. The molecule has 0 bridgehead atoms. The van der Waals surface area contributed by atoms with Gasteiger partial charge in [-0.3, -0.25) is 0 Å². The van der Waals surface area contributed by atoms with Crippen molar-refractivity contribution >= 4 is 34.7 Å². The largest absolute Gasteiger partial charge is 0.479 e. The summed E-state index contributed by atoms with van der Waals surface area (Å²) in [6.07, 6.45) is -12.5. The lowest BCUT2D eigenvalue weighted by molar-refractivity contribution is -0.227. The topological polar surface area (TPSA) is 228 Å². The second kappa shape index (κ2) is 12.3. The number of nitrogens with zero attached hydrogens (tertiary/aromatic N) is 6. The molecule has 11 atom stereocenters. The maximum atomic E-state index is 14.2. The number of fused-ring (bicyclic) bond motifs is 1. The van der Waals surface area contributed by atoms with E-state index < -0.39 is 84.6 Å². The molecule has 3 heterocycles. The van der Waals surface area contributed by atoms with E-state index in [2.05, 4.69) is 20.3 Å². The van der Waals surface area contributed by atoms with Crippen molar-refractivity contribution in [2.75, 3.05) is 10.7 Å². The van der Waals surface area contributed by atoms with Gasteiger partial charge in [-0.2, -0.15) is 0 Å². The molecule has 6 rings (SSSR count). The van der Waals surface area contributed by atoms with Crippen LogP contribution in [0.5, 0.6) is 0 Å². The minimum atomic E-state index is -1.97. The van der Waals surface area contributed by atoms with Crippen molar-refractivity contribution in [3.05, 3.63) is 35.4 Å². The van der Waals surface area contributed by atoms with Gasteiger partial charge >= 0.3 is 5.97 Å². The van der Waals surface area contributed by atoms with Crippen molar-refractivity contribution in [3.63, 3.8) is 0 Å². The first-order valence-electron chi connectivity index (χ1n) is 14.4. The Hall–Kier alpha value is -3.10. The van der Waals surface area contributed by atoms with Crippen LogP contribution in [0.1, 0.15) is 43.7 Å². The number of ether oxygens (including phenoxy) is 1.